The zero-order chi connectivity index (χ0) is 16.9. The number of rotatable bonds is 7. The fraction of sp³-hybridized carbons (Fsp3) is 0.200. The van der Waals surface area contributed by atoms with E-state index in [-0.39, 0.29) is 18.8 Å². The van der Waals surface area contributed by atoms with Crippen molar-refractivity contribution in [3.8, 4) is 5.75 Å². The Kier molecular flexibility index (Phi) is 5.95. The minimum absolute atomic E-state index is 0.130. The van der Waals surface area contributed by atoms with Crippen molar-refractivity contribution in [1.29, 1.82) is 0 Å². The zero-order valence-electron chi connectivity index (χ0n) is 11.9. The number of ether oxygens (including phenoxy) is 1. The van der Waals surface area contributed by atoms with Crippen LogP contribution >= 0.6 is 15.9 Å². The molecule has 1 N–H and O–H groups in total. The van der Waals surface area contributed by atoms with Crippen LogP contribution in [0.4, 0.5) is 14.5 Å². The highest BCUT2D eigenvalue weighted by Gasteiger charge is 2.28. The number of hydrogen-bond donors (Lipinski definition) is 1. The summed E-state index contributed by atoms with van der Waals surface area (Å²) in [7, 11) is -4.65. The maximum atomic E-state index is 12.7. The van der Waals surface area contributed by atoms with E-state index in [0.29, 0.717) is 5.75 Å². The minimum Gasteiger partial charge on any atom is -0.492 e. The number of alkyl halides is 2. The highest BCUT2D eigenvalue weighted by atomic mass is 79.9. The Morgan fingerprint density at radius 1 is 1.13 bits per heavy atom. The average Bonchev–Trinajstić information content (AvgIpc) is 2.52. The first-order chi connectivity index (χ1) is 10.9. The fourth-order valence-electron chi connectivity index (χ4n) is 1.87. The van der Waals surface area contributed by atoms with Gasteiger partial charge >= 0.3 is 5.76 Å². The number of halogens is 3. The van der Waals surface area contributed by atoms with Crippen molar-refractivity contribution in [3.05, 3.63) is 53.0 Å². The molecule has 0 amide bonds. The molecule has 0 atom stereocenters. The lowest BCUT2D eigenvalue weighted by molar-refractivity contribution is 0.235. The first kappa shape index (κ1) is 17.7. The molecular formula is C15H14BrF2NO3S. The van der Waals surface area contributed by atoms with Crippen molar-refractivity contribution in [2.45, 2.75) is 10.7 Å². The van der Waals surface area contributed by atoms with Crippen molar-refractivity contribution in [2.75, 3.05) is 18.5 Å². The summed E-state index contributed by atoms with van der Waals surface area (Å²) in [5, 5.41) is 2.81. The first-order valence-electron chi connectivity index (χ1n) is 6.64. The summed E-state index contributed by atoms with van der Waals surface area (Å²) >= 11 is 3.32. The van der Waals surface area contributed by atoms with Gasteiger partial charge in [0.2, 0.25) is 9.84 Å². The van der Waals surface area contributed by atoms with Gasteiger partial charge in [0.1, 0.15) is 12.4 Å². The second kappa shape index (κ2) is 7.74. The third-order valence-corrected chi connectivity index (χ3v) is 4.84. The molecule has 2 aromatic rings. The molecule has 124 valence electrons. The van der Waals surface area contributed by atoms with Crippen molar-refractivity contribution in [1.82, 2.24) is 0 Å². The summed E-state index contributed by atoms with van der Waals surface area (Å²) in [6.07, 6.45) is 0. The third kappa shape index (κ3) is 4.65. The van der Waals surface area contributed by atoms with Crippen LogP contribution in [0.25, 0.3) is 0 Å². The molecule has 0 saturated heterocycles. The van der Waals surface area contributed by atoms with E-state index in [0.717, 1.165) is 10.5 Å². The van der Waals surface area contributed by atoms with Gasteiger partial charge in [-0.3, -0.25) is 0 Å². The molecule has 0 spiro atoms. The third-order valence-electron chi connectivity index (χ3n) is 2.91. The van der Waals surface area contributed by atoms with Crippen LogP contribution in [0.15, 0.2) is 57.9 Å². The molecule has 0 aliphatic rings. The summed E-state index contributed by atoms with van der Waals surface area (Å²) < 4.78 is 55.0. The van der Waals surface area contributed by atoms with E-state index in [1.165, 1.54) is 12.1 Å². The highest BCUT2D eigenvalue weighted by molar-refractivity contribution is 9.10. The summed E-state index contributed by atoms with van der Waals surface area (Å²) in [6, 6.07) is 12.8. The van der Waals surface area contributed by atoms with Gasteiger partial charge in [-0.05, 0) is 30.3 Å². The Balaban J connectivity index is 1.99. The molecular weight excluding hydrogens is 392 g/mol. The summed E-state index contributed by atoms with van der Waals surface area (Å²) in [6.45, 7) is 0.516. The molecule has 0 aliphatic heterocycles. The molecule has 0 fully saturated rings. The second-order valence-corrected chi connectivity index (χ2v) is 7.34. The Labute approximate surface area is 141 Å². The van der Waals surface area contributed by atoms with Gasteiger partial charge in [-0.2, -0.15) is 8.78 Å². The molecule has 0 bridgehead atoms. The lowest BCUT2D eigenvalue weighted by Crippen LogP contribution is -2.17. The lowest BCUT2D eigenvalue weighted by atomic mass is 10.3. The summed E-state index contributed by atoms with van der Waals surface area (Å²) in [4.78, 5) is -0.419. The van der Waals surface area contributed by atoms with Crippen molar-refractivity contribution < 1.29 is 21.9 Å². The van der Waals surface area contributed by atoms with Crippen molar-refractivity contribution in [3.63, 3.8) is 0 Å². The Morgan fingerprint density at radius 2 is 1.87 bits per heavy atom. The molecule has 4 nitrogen and oxygen atoms in total. The van der Waals surface area contributed by atoms with Crippen molar-refractivity contribution in [2.24, 2.45) is 0 Å². The Morgan fingerprint density at radius 3 is 2.57 bits per heavy atom. The van der Waals surface area contributed by atoms with Gasteiger partial charge in [0.15, 0.2) is 0 Å². The Hall–Kier alpha value is -1.67. The molecule has 0 heterocycles. The molecule has 0 unspecified atom stereocenters. The van der Waals surface area contributed by atoms with Gasteiger partial charge < -0.3 is 10.1 Å². The molecule has 0 saturated carbocycles. The SMILES string of the molecule is O=S(=O)(c1ccccc1NCCOc1cccc(Br)c1)C(F)F. The molecule has 23 heavy (non-hydrogen) atoms. The van der Waals surface area contributed by atoms with Gasteiger partial charge in [0.05, 0.1) is 10.6 Å². The van der Waals surface area contributed by atoms with Crippen LogP contribution in [-0.4, -0.2) is 27.3 Å². The molecule has 2 rings (SSSR count). The average molecular weight is 406 g/mol. The van der Waals surface area contributed by atoms with Gasteiger partial charge in [-0.25, -0.2) is 8.42 Å². The smallest absolute Gasteiger partial charge is 0.341 e. The predicted molar refractivity (Wildman–Crippen MR) is 87.8 cm³/mol. The Bertz CT molecular complexity index is 769. The van der Waals surface area contributed by atoms with E-state index in [1.54, 1.807) is 18.2 Å². The van der Waals surface area contributed by atoms with Crippen LogP contribution in [0.1, 0.15) is 0 Å². The molecule has 0 radical (unpaired) electrons. The monoisotopic (exact) mass is 405 g/mol. The predicted octanol–water partition coefficient (Wildman–Crippen LogP) is 3.94. The number of nitrogens with one attached hydrogen (secondary N) is 1. The van der Waals surface area contributed by atoms with E-state index >= 15 is 0 Å². The summed E-state index contributed by atoms with van der Waals surface area (Å²) in [5.41, 5.74) is 0.130. The van der Waals surface area contributed by atoms with E-state index in [9.17, 15) is 17.2 Å². The van der Waals surface area contributed by atoms with E-state index in [2.05, 4.69) is 21.2 Å². The van der Waals surface area contributed by atoms with Crippen LogP contribution in [0.2, 0.25) is 0 Å². The molecule has 2 aromatic carbocycles. The zero-order valence-corrected chi connectivity index (χ0v) is 14.3. The summed E-state index contributed by atoms with van der Waals surface area (Å²) in [5.74, 6) is -2.81. The van der Waals surface area contributed by atoms with Crippen LogP contribution in [-0.2, 0) is 9.84 Å². The standard InChI is InChI=1S/C15H14BrF2NO3S/c16-11-4-3-5-12(10-11)22-9-8-19-13-6-1-2-7-14(13)23(20,21)15(17)18/h1-7,10,15,19H,8-9H2. The molecule has 0 aliphatic carbocycles. The number of para-hydroxylation sites is 1. The minimum atomic E-state index is -4.65. The normalized spacial score (nSPS) is 11.5. The number of hydrogen-bond acceptors (Lipinski definition) is 4. The van der Waals surface area contributed by atoms with Crippen LogP contribution in [0.5, 0.6) is 5.75 Å². The molecule has 0 aromatic heterocycles. The van der Waals surface area contributed by atoms with Gasteiger partial charge in [0, 0.05) is 11.0 Å². The largest absolute Gasteiger partial charge is 0.492 e. The number of benzene rings is 2. The second-order valence-electron chi connectivity index (χ2n) is 4.53. The van der Waals surface area contributed by atoms with Crippen molar-refractivity contribution >= 4 is 31.5 Å². The lowest BCUT2D eigenvalue weighted by Gasteiger charge is -2.12. The van der Waals surface area contributed by atoms with Gasteiger partial charge in [-0.1, -0.05) is 34.1 Å². The quantitative estimate of drug-likeness (QED) is 0.708. The fourth-order valence-corrected chi connectivity index (χ4v) is 3.15. The number of anilines is 1. The van der Waals surface area contributed by atoms with Crippen LogP contribution < -0.4 is 10.1 Å². The molecule has 8 heteroatoms. The van der Waals surface area contributed by atoms with E-state index in [1.807, 2.05) is 12.1 Å². The van der Waals surface area contributed by atoms with E-state index in [4.69, 9.17) is 4.74 Å². The topological polar surface area (TPSA) is 55.4 Å². The maximum Gasteiger partial charge on any atom is 0.341 e. The van der Waals surface area contributed by atoms with E-state index < -0.39 is 20.5 Å². The van der Waals surface area contributed by atoms with Crippen LogP contribution in [0.3, 0.4) is 0 Å². The highest BCUT2D eigenvalue weighted by Crippen LogP contribution is 2.26. The van der Waals surface area contributed by atoms with Gasteiger partial charge in [0.25, 0.3) is 0 Å². The van der Waals surface area contributed by atoms with Gasteiger partial charge in [-0.15, -0.1) is 0 Å². The number of sulfone groups is 1. The maximum absolute atomic E-state index is 12.7. The first-order valence-corrected chi connectivity index (χ1v) is 8.98. The van der Waals surface area contributed by atoms with Crippen LogP contribution in [0, 0.1) is 0 Å².